The Balaban J connectivity index is 1.71. The van der Waals surface area contributed by atoms with Crippen molar-refractivity contribution in [3.63, 3.8) is 0 Å². The average Bonchev–Trinajstić information content (AvgIpc) is 3.11. The summed E-state index contributed by atoms with van der Waals surface area (Å²) in [6.07, 6.45) is 5.07. The van der Waals surface area contributed by atoms with Crippen LogP contribution in [-0.2, 0) is 13.0 Å². The molecule has 0 saturated carbocycles. The van der Waals surface area contributed by atoms with Crippen molar-refractivity contribution in [3.8, 4) is 0 Å². The fraction of sp³-hybridized carbons (Fsp3) is 0.312. The number of H-pyrrole nitrogens is 1. The van der Waals surface area contributed by atoms with Crippen molar-refractivity contribution in [2.75, 3.05) is 0 Å². The zero-order valence-electron chi connectivity index (χ0n) is 12.1. The summed E-state index contributed by atoms with van der Waals surface area (Å²) in [7, 11) is 0. The van der Waals surface area contributed by atoms with Crippen LogP contribution in [0.1, 0.15) is 35.3 Å². The third-order valence-corrected chi connectivity index (χ3v) is 5.18. The lowest BCUT2D eigenvalue weighted by atomic mass is 10.1. The molecule has 0 aliphatic carbocycles. The number of aromatic nitrogens is 2. The molecule has 3 nitrogen and oxygen atoms in total. The summed E-state index contributed by atoms with van der Waals surface area (Å²) in [5.41, 5.74) is 2.33. The summed E-state index contributed by atoms with van der Waals surface area (Å²) >= 11 is 7.79. The molecule has 2 heterocycles. The van der Waals surface area contributed by atoms with Gasteiger partial charge in [-0.2, -0.15) is 0 Å². The monoisotopic (exact) mass is 319 g/mol. The smallest absolute Gasteiger partial charge is 0.109 e. The van der Waals surface area contributed by atoms with E-state index >= 15 is 0 Å². The Morgan fingerprint density at radius 3 is 3.05 bits per heavy atom. The molecule has 0 aliphatic heterocycles. The van der Waals surface area contributed by atoms with Crippen LogP contribution >= 0.6 is 22.9 Å². The third kappa shape index (κ3) is 3.12. The van der Waals surface area contributed by atoms with Gasteiger partial charge >= 0.3 is 0 Å². The first-order valence-corrected chi connectivity index (χ1v) is 8.30. The number of fused-ring (bicyclic) bond motifs is 1. The summed E-state index contributed by atoms with van der Waals surface area (Å²) in [5.74, 6) is 0. The first-order valence-electron chi connectivity index (χ1n) is 7.11. The zero-order valence-corrected chi connectivity index (χ0v) is 13.7. The highest BCUT2D eigenvalue weighted by Gasteiger charge is 2.11. The number of nitrogens with zero attached hydrogens (tertiary/aromatic N) is 1. The van der Waals surface area contributed by atoms with E-state index in [0.717, 1.165) is 28.5 Å². The summed E-state index contributed by atoms with van der Waals surface area (Å²) in [6.45, 7) is 5.13. The van der Waals surface area contributed by atoms with Crippen molar-refractivity contribution < 1.29 is 0 Å². The van der Waals surface area contributed by atoms with Crippen molar-refractivity contribution in [2.45, 2.75) is 32.9 Å². The number of hydrogen-bond donors (Lipinski definition) is 2. The molecular formula is C16H18ClN3S. The Labute approximate surface area is 133 Å². The highest BCUT2D eigenvalue weighted by atomic mass is 35.5. The normalized spacial score (nSPS) is 12.9. The molecule has 5 heteroatoms. The molecule has 1 unspecified atom stereocenters. The Bertz CT molecular complexity index is 747. The first kappa shape index (κ1) is 14.6. The standard InChI is InChI=1S/C16H18ClN3S/c1-3-13-9-20-16(21-13)10(2)18-7-11-8-19-15-6-12(17)4-5-14(11)15/h4-6,8-10,18-19H,3,7H2,1-2H3. The van der Waals surface area contributed by atoms with Crippen molar-refractivity contribution >= 4 is 33.8 Å². The van der Waals surface area contributed by atoms with E-state index in [-0.39, 0.29) is 6.04 Å². The van der Waals surface area contributed by atoms with E-state index in [2.05, 4.69) is 35.2 Å². The third-order valence-electron chi connectivity index (χ3n) is 3.62. The van der Waals surface area contributed by atoms with E-state index in [1.54, 1.807) is 11.3 Å². The van der Waals surface area contributed by atoms with Crippen molar-refractivity contribution in [3.05, 3.63) is 51.1 Å². The molecule has 0 radical (unpaired) electrons. The Morgan fingerprint density at radius 2 is 2.29 bits per heavy atom. The number of halogens is 1. The maximum atomic E-state index is 6.01. The molecular weight excluding hydrogens is 302 g/mol. The SMILES string of the molecule is CCc1cnc(C(C)NCc2c[nH]c3cc(Cl)ccc23)s1. The number of hydrogen-bond acceptors (Lipinski definition) is 3. The predicted molar refractivity (Wildman–Crippen MR) is 90.1 cm³/mol. The number of thiazole rings is 1. The lowest BCUT2D eigenvalue weighted by Crippen LogP contribution is -2.17. The maximum absolute atomic E-state index is 6.01. The number of nitrogens with one attached hydrogen (secondary N) is 2. The van der Waals surface area contributed by atoms with Gasteiger partial charge in [-0.1, -0.05) is 24.6 Å². The second-order valence-electron chi connectivity index (χ2n) is 5.12. The van der Waals surface area contributed by atoms with Crippen LogP contribution in [0.15, 0.2) is 30.6 Å². The van der Waals surface area contributed by atoms with Crippen LogP contribution in [0.4, 0.5) is 0 Å². The molecule has 3 aromatic rings. The second-order valence-corrected chi connectivity index (χ2v) is 6.71. The van der Waals surface area contributed by atoms with Gasteiger partial charge in [-0.25, -0.2) is 4.98 Å². The molecule has 0 spiro atoms. The largest absolute Gasteiger partial charge is 0.361 e. The van der Waals surface area contributed by atoms with Gasteiger partial charge in [0.2, 0.25) is 0 Å². The Kier molecular flexibility index (Phi) is 4.29. The van der Waals surface area contributed by atoms with Gasteiger partial charge in [0, 0.05) is 39.7 Å². The topological polar surface area (TPSA) is 40.7 Å². The molecule has 1 aromatic carbocycles. The van der Waals surface area contributed by atoms with Crippen molar-refractivity contribution in [1.29, 1.82) is 0 Å². The van der Waals surface area contributed by atoms with Gasteiger partial charge in [-0.05, 0) is 31.0 Å². The van der Waals surface area contributed by atoms with E-state index in [9.17, 15) is 0 Å². The molecule has 2 aromatic heterocycles. The van der Waals surface area contributed by atoms with Gasteiger partial charge in [-0.15, -0.1) is 11.3 Å². The number of benzene rings is 1. The van der Waals surface area contributed by atoms with Crippen LogP contribution in [0.5, 0.6) is 0 Å². The van der Waals surface area contributed by atoms with Gasteiger partial charge in [0.15, 0.2) is 0 Å². The molecule has 110 valence electrons. The van der Waals surface area contributed by atoms with Crippen LogP contribution in [0.3, 0.4) is 0 Å². The molecule has 0 aliphatic rings. The maximum Gasteiger partial charge on any atom is 0.109 e. The lowest BCUT2D eigenvalue weighted by molar-refractivity contribution is 0.573. The van der Waals surface area contributed by atoms with Crippen LogP contribution in [0, 0.1) is 0 Å². The summed E-state index contributed by atoms with van der Waals surface area (Å²) in [4.78, 5) is 9.09. The molecule has 0 bridgehead atoms. The minimum absolute atomic E-state index is 0.257. The minimum atomic E-state index is 0.257. The number of rotatable bonds is 5. The predicted octanol–water partition coefficient (Wildman–Crippen LogP) is 4.69. The van der Waals surface area contributed by atoms with Crippen molar-refractivity contribution in [1.82, 2.24) is 15.3 Å². The van der Waals surface area contributed by atoms with E-state index in [1.807, 2.05) is 24.5 Å². The van der Waals surface area contributed by atoms with Crippen LogP contribution in [0.2, 0.25) is 5.02 Å². The molecule has 21 heavy (non-hydrogen) atoms. The molecule has 0 amide bonds. The first-order chi connectivity index (χ1) is 10.2. The van der Waals surface area contributed by atoms with E-state index in [1.165, 1.54) is 15.8 Å². The Hall–Kier alpha value is -1.36. The highest BCUT2D eigenvalue weighted by Crippen LogP contribution is 2.24. The van der Waals surface area contributed by atoms with Crippen LogP contribution in [-0.4, -0.2) is 9.97 Å². The highest BCUT2D eigenvalue weighted by molar-refractivity contribution is 7.11. The second kappa shape index (κ2) is 6.18. The van der Waals surface area contributed by atoms with E-state index in [4.69, 9.17) is 11.6 Å². The molecule has 0 saturated heterocycles. The average molecular weight is 320 g/mol. The van der Waals surface area contributed by atoms with Gasteiger partial charge in [-0.3, -0.25) is 0 Å². The fourth-order valence-electron chi connectivity index (χ4n) is 2.34. The van der Waals surface area contributed by atoms with Gasteiger partial charge < -0.3 is 10.3 Å². The fourth-order valence-corrected chi connectivity index (χ4v) is 3.40. The molecule has 3 rings (SSSR count). The summed E-state index contributed by atoms with van der Waals surface area (Å²) in [5, 5.41) is 6.66. The summed E-state index contributed by atoms with van der Waals surface area (Å²) in [6, 6.07) is 6.21. The van der Waals surface area contributed by atoms with Gasteiger partial charge in [0.1, 0.15) is 5.01 Å². The molecule has 0 fully saturated rings. The number of aryl methyl sites for hydroxylation is 1. The van der Waals surface area contributed by atoms with Crippen LogP contribution in [0.25, 0.3) is 10.9 Å². The lowest BCUT2D eigenvalue weighted by Gasteiger charge is -2.10. The van der Waals surface area contributed by atoms with Gasteiger partial charge in [0.25, 0.3) is 0 Å². The molecule has 2 N–H and O–H groups in total. The molecule has 1 atom stereocenters. The summed E-state index contributed by atoms with van der Waals surface area (Å²) < 4.78 is 0. The Morgan fingerprint density at radius 1 is 1.43 bits per heavy atom. The van der Waals surface area contributed by atoms with E-state index < -0.39 is 0 Å². The van der Waals surface area contributed by atoms with E-state index in [0.29, 0.717) is 0 Å². The van der Waals surface area contributed by atoms with Crippen molar-refractivity contribution in [2.24, 2.45) is 0 Å². The zero-order chi connectivity index (χ0) is 14.8. The quantitative estimate of drug-likeness (QED) is 0.716. The minimum Gasteiger partial charge on any atom is -0.361 e. The van der Waals surface area contributed by atoms with Crippen LogP contribution < -0.4 is 5.32 Å². The van der Waals surface area contributed by atoms with Gasteiger partial charge in [0.05, 0.1) is 6.04 Å². The number of aromatic amines is 1.